The average molecular weight is 393 g/mol. The van der Waals surface area contributed by atoms with E-state index >= 15 is 0 Å². The molecule has 2 N–H and O–H groups in total. The molecule has 8 nitrogen and oxygen atoms in total. The van der Waals surface area contributed by atoms with Crippen molar-refractivity contribution >= 4 is 28.8 Å². The highest BCUT2D eigenvalue weighted by Gasteiger charge is 2.28. The summed E-state index contributed by atoms with van der Waals surface area (Å²) in [5, 5.41) is 4.13. The van der Waals surface area contributed by atoms with E-state index in [2.05, 4.69) is 20.3 Å². The second kappa shape index (κ2) is 7.54. The lowest BCUT2D eigenvalue weighted by atomic mass is 10.1. The fraction of sp³-hybridized carbons (Fsp3) is 0.333. The molecular weight excluding hydrogens is 370 g/mol. The number of H-pyrrole nitrogens is 1. The van der Waals surface area contributed by atoms with Gasteiger partial charge in [0.05, 0.1) is 11.6 Å². The molecule has 1 aliphatic heterocycles. The number of hydrogen-bond donors (Lipinski definition) is 2. The van der Waals surface area contributed by atoms with Crippen LogP contribution in [0.5, 0.6) is 0 Å². The first-order valence-electron chi connectivity index (χ1n) is 9.61. The number of anilines is 2. The molecule has 0 unspecified atom stereocenters. The number of hydrogen-bond acceptors (Lipinski definition) is 6. The van der Waals surface area contributed by atoms with Gasteiger partial charge in [0, 0.05) is 23.8 Å². The summed E-state index contributed by atoms with van der Waals surface area (Å²) in [6, 6.07) is 9.17. The van der Waals surface area contributed by atoms with Crippen LogP contribution in [0.15, 0.2) is 41.3 Å². The molecule has 1 amide bonds. The van der Waals surface area contributed by atoms with Gasteiger partial charge in [-0.1, -0.05) is 32.0 Å². The van der Waals surface area contributed by atoms with E-state index in [4.69, 9.17) is 4.74 Å². The summed E-state index contributed by atoms with van der Waals surface area (Å²) in [6.45, 7) is 6.58. The van der Waals surface area contributed by atoms with Gasteiger partial charge >= 0.3 is 6.09 Å². The minimum atomic E-state index is -0.408. The minimum absolute atomic E-state index is 0.156. The number of aromatic amines is 1. The maximum Gasteiger partial charge on any atom is 0.415 e. The molecule has 29 heavy (non-hydrogen) atoms. The van der Waals surface area contributed by atoms with Gasteiger partial charge in [0.2, 0.25) is 5.95 Å². The van der Waals surface area contributed by atoms with Gasteiger partial charge in [-0.05, 0) is 30.4 Å². The highest BCUT2D eigenvalue weighted by Crippen LogP contribution is 2.27. The molecule has 1 atom stereocenters. The average Bonchev–Trinajstić information content (AvgIpc) is 2.69. The van der Waals surface area contributed by atoms with E-state index in [0.717, 1.165) is 16.5 Å². The summed E-state index contributed by atoms with van der Waals surface area (Å²) in [4.78, 5) is 38.0. The Hall–Kier alpha value is -3.42. The Kier molecular flexibility index (Phi) is 4.92. The fourth-order valence-corrected chi connectivity index (χ4v) is 3.39. The number of para-hydroxylation sites is 1. The predicted molar refractivity (Wildman–Crippen MR) is 111 cm³/mol. The zero-order valence-corrected chi connectivity index (χ0v) is 16.6. The molecule has 0 bridgehead atoms. The normalized spacial score (nSPS) is 14.6. The quantitative estimate of drug-likeness (QED) is 0.687. The van der Waals surface area contributed by atoms with Crippen LogP contribution in [0.25, 0.3) is 10.9 Å². The van der Waals surface area contributed by atoms with Crippen LogP contribution in [0.1, 0.15) is 37.9 Å². The third-order valence-corrected chi connectivity index (χ3v) is 4.81. The van der Waals surface area contributed by atoms with Crippen molar-refractivity contribution in [1.82, 2.24) is 15.0 Å². The Balaban J connectivity index is 1.63. The van der Waals surface area contributed by atoms with Crippen LogP contribution >= 0.6 is 0 Å². The number of amides is 1. The monoisotopic (exact) mass is 393 g/mol. The Labute approximate surface area is 167 Å². The van der Waals surface area contributed by atoms with Crippen LogP contribution in [-0.4, -0.2) is 27.6 Å². The number of cyclic esters (lactones) is 1. The molecule has 0 aliphatic carbocycles. The smallest absolute Gasteiger partial charge is 0.415 e. The summed E-state index contributed by atoms with van der Waals surface area (Å²) < 4.78 is 5.21. The van der Waals surface area contributed by atoms with Crippen molar-refractivity contribution in [2.75, 3.05) is 16.8 Å². The van der Waals surface area contributed by atoms with Crippen LogP contribution in [0.3, 0.4) is 0 Å². The largest absolute Gasteiger partial charge is 0.444 e. The maximum atomic E-state index is 12.5. The van der Waals surface area contributed by atoms with Crippen LogP contribution in [0.4, 0.5) is 16.6 Å². The maximum absolute atomic E-state index is 12.5. The zero-order chi connectivity index (χ0) is 20.5. The molecule has 0 saturated heterocycles. The second-order valence-electron chi connectivity index (χ2n) is 7.61. The Morgan fingerprint density at radius 2 is 2.03 bits per heavy atom. The van der Waals surface area contributed by atoms with Gasteiger partial charge in [0.15, 0.2) is 0 Å². The predicted octanol–water partition coefficient (Wildman–Crippen LogP) is 3.60. The number of benzene rings is 1. The van der Waals surface area contributed by atoms with Crippen LogP contribution in [0, 0.1) is 5.92 Å². The van der Waals surface area contributed by atoms with Gasteiger partial charge in [-0.15, -0.1) is 0 Å². The van der Waals surface area contributed by atoms with Crippen LogP contribution in [0.2, 0.25) is 0 Å². The van der Waals surface area contributed by atoms with Crippen molar-refractivity contribution in [3.63, 3.8) is 0 Å². The number of nitrogens with one attached hydrogen (secondary N) is 2. The van der Waals surface area contributed by atoms with Crippen molar-refractivity contribution in [1.29, 1.82) is 0 Å². The van der Waals surface area contributed by atoms with Gasteiger partial charge in [-0.2, -0.15) is 4.98 Å². The molecule has 8 heteroatoms. The lowest BCUT2D eigenvalue weighted by Gasteiger charge is -2.29. The molecule has 0 saturated carbocycles. The van der Waals surface area contributed by atoms with Gasteiger partial charge in [0.25, 0.3) is 5.56 Å². The molecule has 3 aromatic rings. The molecule has 4 rings (SSSR count). The summed E-state index contributed by atoms with van der Waals surface area (Å²) in [5.41, 5.74) is 1.98. The first-order chi connectivity index (χ1) is 13.9. The van der Waals surface area contributed by atoms with E-state index in [1.165, 1.54) is 4.90 Å². The van der Waals surface area contributed by atoms with E-state index in [1.54, 1.807) is 6.20 Å². The number of nitrogens with zero attached hydrogens (tertiary/aromatic N) is 3. The van der Waals surface area contributed by atoms with E-state index in [1.807, 2.05) is 51.1 Å². The molecule has 0 fully saturated rings. The topological polar surface area (TPSA) is 100 Å². The van der Waals surface area contributed by atoms with Crippen LogP contribution in [-0.2, 0) is 11.3 Å². The molecular formula is C21H23N5O3. The molecule has 150 valence electrons. The summed E-state index contributed by atoms with van der Waals surface area (Å²) in [6.07, 6.45) is 1.25. The first kappa shape index (κ1) is 18.9. The third-order valence-electron chi connectivity index (χ3n) is 4.81. The van der Waals surface area contributed by atoms with E-state index < -0.39 is 6.09 Å². The number of pyridine rings is 1. The van der Waals surface area contributed by atoms with E-state index in [9.17, 15) is 9.59 Å². The Bertz CT molecular complexity index is 1120. The summed E-state index contributed by atoms with van der Waals surface area (Å²) in [5.74, 6) is 1.16. The second-order valence-corrected chi connectivity index (χ2v) is 7.61. The number of aromatic nitrogens is 3. The number of fused-ring (bicyclic) bond motifs is 2. The van der Waals surface area contributed by atoms with Crippen molar-refractivity contribution in [3.05, 3.63) is 58.0 Å². The number of carbonyl (C=O) groups is 1. The molecule has 3 heterocycles. The van der Waals surface area contributed by atoms with E-state index in [0.29, 0.717) is 23.9 Å². The van der Waals surface area contributed by atoms with Crippen LogP contribution < -0.4 is 15.8 Å². The molecule has 2 aromatic heterocycles. The number of carbonyl (C=O) groups excluding carboxylic acids is 1. The lowest BCUT2D eigenvalue weighted by Crippen LogP contribution is -2.39. The van der Waals surface area contributed by atoms with Gasteiger partial charge in [-0.25, -0.2) is 9.78 Å². The van der Waals surface area contributed by atoms with E-state index in [-0.39, 0.29) is 24.1 Å². The summed E-state index contributed by atoms with van der Waals surface area (Å²) >= 11 is 0. The first-order valence-corrected chi connectivity index (χ1v) is 9.61. The number of ether oxygens (including phenoxy) is 1. The SMILES string of the molecule is CC(C)CN1C(=O)OCc2cnc(N[C@@H](C)c3cc4ccccc4[nH]c3=O)nc21. The highest BCUT2D eigenvalue weighted by atomic mass is 16.6. The molecule has 1 aliphatic rings. The van der Waals surface area contributed by atoms with Crippen molar-refractivity contribution < 1.29 is 9.53 Å². The molecule has 1 aromatic carbocycles. The highest BCUT2D eigenvalue weighted by molar-refractivity contribution is 5.89. The fourth-order valence-electron chi connectivity index (χ4n) is 3.39. The zero-order valence-electron chi connectivity index (χ0n) is 16.6. The van der Waals surface area contributed by atoms with Gasteiger partial charge in [-0.3, -0.25) is 9.69 Å². The Morgan fingerprint density at radius 3 is 2.83 bits per heavy atom. The lowest BCUT2D eigenvalue weighted by molar-refractivity contribution is 0.140. The van der Waals surface area contributed by atoms with Crippen molar-refractivity contribution in [3.8, 4) is 0 Å². The molecule has 0 spiro atoms. The van der Waals surface area contributed by atoms with Crippen molar-refractivity contribution in [2.45, 2.75) is 33.4 Å². The standard InChI is InChI=1S/C21H23N5O3/c1-12(2)10-26-18-15(11-29-21(26)28)9-22-20(25-18)23-13(3)16-8-14-6-4-5-7-17(14)24-19(16)27/h4-9,12-13H,10-11H2,1-3H3,(H,24,27)(H,22,23,25)/t13-/m0/s1. The van der Waals surface area contributed by atoms with Crippen molar-refractivity contribution in [2.24, 2.45) is 5.92 Å². The Morgan fingerprint density at radius 1 is 1.24 bits per heavy atom. The van der Waals surface area contributed by atoms with Gasteiger partial charge < -0.3 is 15.0 Å². The van der Waals surface area contributed by atoms with Gasteiger partial charge in [0.1, 0.15) is 12.4 Å². The third kappa shape index (κ3) is 3.78. The number of rotatable bonds is 5. The summed E-state index contributed by atoms with van der Waals surface area (Å²) in [7, 11) is 0. The minimum Gasteiger partial charge on any atom is -0.444 e. The molecule has 0 radical (unpaired) electrons.